The van der Waals surface area contributed by atoms with Crippen LogP contribution in [0.15, 0.2) is 33.0 Å². The number of rotatable bonds is 4. The Bertz CT molecular complexity index is 923. The molecule has 0 bridgehead atoms. The van der Waals surface area contributed by atoms with Crippen LogP contribution in [-0.4, -0.2) is 46.6 Å². The monoisotopic (exact) mass is 390 g/mol. The fourth-order valence-electron chi connectivity index (χ4n) is 3.36. The van der Waals surface area contributed by atoms with Gasteiger partial charge in [-0.2, -0.15) is 4.98 Å². The molecule has 1 N–H and O–H groups in total. The quantitative estimate of drug-likeness (QED) is 0.737. The highest BCUT2D eigenvalue weighted by Crippen LogP contribution is 2.35. The summed E-state index contributed by atoms with van der Waals surface area (Å²) in [5.41, 5.74) is 2.32. The molecule has 2 aromatic heterocycles. The summed E-state index contributed by atoms with van der Waals surface area (Å²) in [6.45, 7) is 1.81. The zero-order chi connectivity index (χ0) is 18.1. The van der Waals surface area contributed by atoms with E-state index in [1.54, 1.807) is 23.8 Å². The number of oxazole rings is 1. The molecule has 0 saturated carbocycles. The Kier molecular flexibility index (Phi) is 5.06. The van der Waals surface area contributed by atoms with Crippen molar-refractivity contribution in [3.05, 3.63) is 23.7 Å². The SMILES string of the molecule is CNC1CCCCN(c2nc3cc(S(C)=O)cc(-c4nccs4)c3o2)C1. The van der Waals surface area contributed by atoms with Crippen LogP contribution in [0, 0.1) is 0 Å². The summed E-state index contributed by atoms with van der Waals surface area (Å²) in [7, 11) is 0.913. The molecule has 4 rings (SSSR count). The minimum Gasteiger partial charge on any atom is -0.423 e. The maximum absolute atomic E-state index is 12.1. The van der Waals surface area contributed by atoms with Crippen LogP contribution in [0.3, 0.4) is 0 Å². The second-order valence-corrected chi connectivity index (χ2v) is 8.81. The lowest BCUT2D eigenvalue weighted by Crippen LogP contribution is -2.38. The van der Waals surface area contributed by atoms with E-state index in [1.807, 2.05) is 24.6 Å². The average molecular weight is 391 g/mol. The minimum absolute atomic E-state index is 0.435. The van der Waals surface area contributed by atoms with Gasteiger partial charge in [-0.1, -0.05) is 6.42 Å². The average Bonchev–Trinajstić information content (AvgIpc) is 3.25. The summed E-state index contributed by atoms with van der Waals surface area (Å²) in [5, 5.41) is 6.16. The number of benzene rings is 1. The molecule has 0 radical (unpaired) electrons. The van der Waals surface area contributed by atoms with Crippen LogP contribution in [0.1, 0.15) is 19.3 Å². The Morgan fingerprint density at radius 1 is 1.38 bits per heavy atom. The number of fused-ring (bicyclic) bond motifs is 1. The minimum atomic E-state index is -1.09. The largest absolute Gasteiger partial charge is 0.423 e. The van der Waals surface area contributed by atoms with Crippen molar-refractivity contribution in [2.24, 2.45) is 0 Å². The van der Waals surface area contributed by atoms with E-state index >= 15 is 0 Å². The number of hydrogen-bond donors (Lipinski definition) is 1. The number of nitrogens with zero attached hydrogens (tertiary/aromatic N) is 3. The molecule has 8 heteroatoms. The van der Waals surface area contributed by atoms with Gasteiger partial charge >= 0.3 is 0 Å². The first-order chi connectivity index (χ1) is 12.7. The first-order valence-electron chi connectivity index (χ1n) is 8.76. The Morgan fingerprint density at radius 3 is 3.00 bits per heavy atom. The maximum atomic E-state index is 12.1. The smallest absolute Gasteiger partial charge is 0.298 e. The fraction of sp³-hybridized carbons (Fsp3) is 0.444. The van der Waals surface area contributed by atoms with E-state index in [-0.39, 0.29) is 0 Å². The normalized spacial score (nSPS) is 19.6. The number of anilines is 1. The van der Waals surface area contributed by atoms with Gasteiger partial charge in [0, 0.05) is 52.7 Å². The second kappa shape index (κ2) is 7.46. The first kappa shape index (κ1) is 17.6. The standard InChI is InChI=1S/C18H22N4O2S2/c1-19-12-5-3-4-7-22(11-12)18-21-15-10-13(26(2)23)9-14(16(15)24-18)17-20-6-8-25-17/h6,8-10,12,19H,3-5,7,11H2,1-2H3. The molecule has 138 valence electrons. The highest BCUT2D eigenvalue weighted by Gasteiger charge is 2.23. The summed E-state index contributed by atoms with van der Waals surface area (Å²) in [6, 6.07) is 4.84. The van der Waals surface area contributed by atoms with Gasteiger partial charge in [-0.15, -0.1) is 11.3 Å². The van der Waals surface area contributed by atoms with E-state index in [9.17, 15) is 4.21 Å². The van der Waals surface area contributed by atoms with Crippen LogP contribution in [-0.2, 0) is 10.8 Å². The summed E-state index contributed by atoms with van der Waals surface area (Å²) >= 11 is 1.54. The predicted molar refractivity (Wildman–Crippen MR) is 106 cm³/mol. The molecule has 2 atom stereocenters. The number of likely N-dealkylation sites (N-methyl/N-ethyl adjacent to an activating group) is 1. The lowest BCUT2D eigenvalue weighted by Gasteiger charge is -2.22. The number of nitrogens with one attached hydrogen (secondary N) is 1. The molecule has 0 spiro atoms. The van der Waals surface area contributed by atoms with Crippen molar-refractivity contribution < 1.29 is 8.63 Å². The van der Waals surface area contributed by atoms with Crippen molar-refractivity contribution in [1.29, 1.82) is 0 Å². The molecule has 3 aromatic rings. The van der Waals surface area contributed by atoms with Crippen LogP contribution in [0.4, 0.5) is 6.01 Å². The van der Waals surface area contributed by atoms with Crippen molar-refractivity contribution in [2.45, 2.75) is 30.2 Å². The summed E-state index contributed by atoms with van der Waals surface area (Å²) in [4.78, 5) is 12.1. The van der Waals surface area contributed by atoms with Gasteiger partial charge in [0.05, 0.1) is 5.56 Å². The van der Waals surface area contributed by atoms with Crippen LogP contribution in [0.5, 0.6) is 0 Å². The van der Waals surface area contributed by atoms with E-state index in [4.69, 9.17) is 9.40 Å². The molecule has 1 aliphatic rings. The predicted octanol–water partition coefficient (Wildman–Crippen LogP) is 3.27. The molecule has 1 saturated heterocycles. The van der Waals surface area contributed by atoms with E-state index < -0.39 is 10.8 Å². The zero-order valence-electron chi connectivity index (χ0n) is 14.9. The highest BCUT2D eigenvalue weighted by molar-refractivity contribution is 7.84. The third-order valence-corrected chi connectivity index (χ3v) is 6.50. The molecule has 3 heterocycles. The molecule has 0 amide bonds. The Labute approximate surface area is 159 Å². The fourth-order valence-corrected chi connectivity index (χ4v) is 4.58. The third-order valence-electron chi connectivity index (χ3n) is 4.80. The summed E-state index contributed by atoms with van der Waals surface area (Å²) < 4.78 is 18.3. The molecule has 1 fully saturated rings. The maximum Gasteiger partial charge on any atom is 0.298 e. The Balaban J connectivity index is 1.81. The van der Waals surface area contributed by atoms with Gasteiger partial charge in [0.1, 0.15) is 10.5 Å². The van der Waals surface area contributed by atoms with E-state index in [0.717, 1.165) is 52.5 Å². The van der Waals surface area contributed by atoms with E-state index in [0.29, 0.717) is 12.1 Å². The van der Waals surface area contributed by atoms with E-state index in [2.05, 4.69) is 15.2 Å². The van der Waals surface area contributed by atoms with Crippen LogP contribution in [0.25, 0.3) is 21.7 Å². The van der Waals surface area contributed by atoms with Gasteiger partial charge in [-0.05, 0) is 32.0 Å². The number of hydrogen-bond acceptors (Lipinski definition) is 7. The van der Waals surface area contributed by atoms with Crippen LogP contribution < -0.4 is 10.2 Å². The number of aromatic nitrogens is 2. The lowest BCUT2D eigenvalue weighted by molar-refractivity contribution is 0.511. The van der Waals surface area contributed by atoms with Gasteiger partial charge in [0.2, 0.25) is 0 Å². The summed E-state index contributed by atoms with van der Waals surface area (Å²) in [6.07, 6.45) is 6.94. The van der Waals surface area contributed by atoms with E-state index in [1.165, 1.54) is 6.42 Å². The molecule has 1 aromatic carbocycles. The van der Waals surface area contributed by atoms with Crippen molar-refractivity contribution in [2.75, 3.05) is 31.3 Å². The lowest BCUT2D eigenvalue weighted by atomic mass is 10.1. The molecule has 0 aliphatic carbocycles. The molecule has 2 unspecified atom stereocenters. The van der Waals surface area contributed by atoms with Crippen molar-refractivity contribution >= 4 is 39.3 Å². The number of thiazole rings is 1. The molecule has 26 heavy (non-hydrogen) atoms. The van der Waals surface area contributed by atoms with Crippen molar-refractivity contribution in [1.82, 2.24) is 15.3 Å². The summed E-state index contributed by atoms with van der Waals surface area (Å²) in [5.74, 6) is 0. The van der Waals surface area contributed by atoms with Crippen molar-refractivity contribution in [3.8, 4) is 10.6 Å². The molecular formula is C18H22N4O2S2. The topological polar surface area (TPSA) is 71.3 Å². The Morgan fingerprint density at radius 2 is 2.27 bits per heavy atom. The molecule has 6 nitrogen and oxygen atoms in total. The molecular weight excluding hydrogens is 368 g/mol. The third kappa shape index (κ3) is 3.41. The van der Waals surface area contributed by atoms with Gasteiger partial charge in [-0.3, -0.25) is 4.21 Å². The zero-order valence-corrected chi connectivity index (χ0v) is 16.5. The van der Waals surface area contributed by atoms with Crippen LogP contribution >= 0.6 is 11.3 Å². The first-order valence-corrected chi connectivity index (χ1v) is 11.2. The van der Waals surface area contributed by atoms with Crippen molar-refractivity contribution in [3.63, 3.8) is 0 Å². The van der Waals surface area contributed by atoms with Gasteiger partial charge < -0.3 is 14.6 Å². The highest BCUT2D eigenvalue weighted by atomic mass is 32.2. The van der Waals surface area contributed by atoms with Gasteiger partial charge in [-0.25, -0.2) is 4.98 Å². The molecule has 1 aliphatic heterocycles. The second-order valence-electron chi connectivity index (χ2n) is 6.53. The van der Waals surface area contributed by atoms with Gasteiger partial charge in [0.15, 0.2) is 5.58 Å². The van der Waals surface area contributed by atoms with Gasteiger partial charge in [0.25, 0.3) is 6.01 Å². The Hall–Kier alpha value is -1.77. The van der Waals surface area contributed by atoms with Crippen LogP contribution in [0.2, 0.25) is 0 Å².